The summed E-state index contributed by atoms with van der Waals surface area (Å²) in [5.74, 6) is -0.591. The van der Waals surface area contributed by atoms with E-state index in [-0.39, 0.29) is 18.6 Å². The summed E-state index contributed by atoms with van der Waals surface area (Å²) in [7, 11) is 1.29. The predicted molar refractivity (Wildman–Crippen MR) is 65.5 cm³/mol. The van der Waals surface area contributed by atoms with Gasteiger partial charge in [-0.2, -0.15) is 0 Å². The smallest absolute Gasteiger partial charge is 0.338 e. The summed E-state index contributed by atoms with van der Waals surface area (Å²) in [6.07, 6.45) is 3.26. The van der Waals surface area contributed by atoms with Gasteiger partial charge in [-0.05, 0) is 33.2 Å². The van der Waals surface area contributed by atoms with Gasteiger partial charge < -0.3 is 15.6 Å². The van der Waals surface area contributed by atoms with E-state index in [1.54, 1.807) is 0 Å². The van der Waals surface area contributed by atoms with Crippen molar-refractivity contribution in [2.24, 2.45) is 5.73 Å². The normalized spacial score (nSPS) is 27.2. The molecule has 17 heavy (non-hydrogen) atoms. The van der Waals surface area contributed by atoms with Crippen LogP contribution in [0.4, 0.5) is 0 Å². The minimum absolute atomic E-state index is 0.0451. The van der Waals surface area contributed by atoms with Crippen molar-refractivity contribution in [3.05, 3.63) is 0 Å². The van der Waals surface area contributed by atoms with Gasteiger partial charge in [0.2, 0.25) is 0 Å². The van der Waals surface area contributed by atoms with Gasteiger partial charge in [0.15, 0.2) is 5.60 Å². The van der Waals surface area contributed by atoms with Crippen molar-refractivity contribution in [2.75, 3.05) is 20.2 Å². The lowest BCUT2D eigenvalue weighted by molar-refractivity contribution is -0.163. The molecule has 1 heterocycles. The van der Waals surface area contributed by atoms with Gasteiger partial charge in [0.1, 0.15) is 0 Å². The van der Waals surface area contributed by atoms with Crippen LogP contribution in [-0.2, 0) is 9.53 Å². The number of rotatable bonds is 4. The summed E-state index contributed by atoms with van der Waals surface area (Å²) in [6.45, 7) is 4.62. The number of nitrogens with zero attached hydrogens (tertiary/aromatic N) is 1. The lowest BCUT2D eigenvalue weighted by Gasteiger charge is -2.40. The van der Waals surface area contributed by atoms with Gasteiger partial charge in [0, 0.05) is 18.6 Å². The van der Waals surface area contributed by atoms with Crippen LogP contribution in [0, 0.1) is 0 Å². The maximum atomic E-state index is 11.5. The fraction of sp³-hybridized carbons (Fsp3) is 0.917. The molecule has 100 valence electrons. The molecule has 0 radical (unpaired) electrons. The van der Waals surface area contributed by atoms with Crippen LogP contribution < -0.4 is 5.73 Å². The fourth-order valence-corrected chi connectivity index (χ4v) is 2.49. The maximum Gasteiger partial charge on any atom is 0.338 e. The highest BCUT2D eigenvalue weighted by Gasteiger charge is 2.37. The molecule has 0 spiro atoms. The summed E-state index contributed by atoms with van der Waals surface area (Å²) >= 11 is 0. The number of methoxy groups -OCH3 is 1. The molecule has 0 bridgehead atoms. The SMILES string of the molecule is COC(=O)C(C)(O)CN1CCCCC1C(C)N. The van der Waals surface area contributed by atoms with Crippen LogP contribution >= 0.6 is 0 Å². The molecule has 3 unspecified atom stereocenters. The summed E-state index contributed by atoms with van der Waals surface area (Å²) in [5, 5.41) is 10.1. The molecule has 0 aromatic rings. The molecule has 3 N–H and O–H groups in total. The molecule has 0 amide bonds. The third-order valence-corrected chi connectivity index (χ3v) is 3.41. The number of hydrogen-bond donors (Lipinski definition) is 2. The maximum absolute atomic E-state index is 11.5. The first-order valence-electron chi connectivity index (χ1n) is 6.19. The highest BCUT2D eigenvalue weighted by atomic mass is 16.5. The van der Waals surface area contributed by atoms with E-state index in [1.807, 2.05) is 6.92 Å². The second-order valence-corrected chi connectivity index (χ2v) is 5.16. The number of carbonyl (C=O) groups excluding carboxylic acids is 1. The highest BCUT2D eigenvalue weighted by Crippen LogP contribution is 2.21. The van der Waals surface area contributed by atoms with Crippen LogP contribution in [0.2, 0.25) is 0 Å². The predicted octanol–water partition coefficient (Wildman–Crippen LogP) is 0.112. The molecular weight excluding hydrogens is 220 g/mol. The van der Waals surface area contributed by atoms with Crippen LogP contribution in [0.1, 0.15) is 33.1 Å². The standard InChI is InChI=1S/C12H24N2O3/c1-9(13)10-6-4-5-7-14(10)8-12(2,16)11(15)17-3/h9-10,16H,4-8,13H2,1-3H3. The Bertz CT molecular complexity index is 266. The van der Waals surface area contributed by atoms with Crippen LogP contribution in [0.25, 0.3) is 0 Å². The zero-order chi connectivity index (χ0) is 13.1. The van der Waals surface area contributed by atoms with E-state index in [0.717, 1.165) is 25.8 Å². The topological polar surface area (TPSA) is 75.8 Å². The molecule has 0 aromatic heterocycles. The Labute approximate surface area is 103 Å². The minimum atomic E-state index is -1.46. The summed E-state index contributed by atoms with van der Waals surface area (Å²) in [6, 6.07) is 0.281. The Kier molecular flexibility index (Phi) is 4.91. The summed E-state index contributed by atoms with van der Waals surface area (Å²) < 4.78 is 4.61. The molecule has 1 aliphatic heterocycles. The zero-order valence-electron chi connectivity index (χ0n) is 11.0. The van der Waals surface area contributed by atoms with E-state index in [0.29, 0.717) is 0 Å². The number of hydrogen-bond acceptors (Lipinski definition) is 5. The van der Waals surface area contributed by atoms with Crippen LogP contribution in [-0.4, -0.2) is 53.9 Å². The van der Waals surface area contributed by atoms with Gasteiger partial charge in [-0.1, -0.05) is 6.42 Å². The molecule has 5 heteroatoms. The number of likely N-dealkylation sites (tertiary alicyclic amines) is 1. The van der Waals surface area contributed by atoms with Crippen molar-refractivity contribution in [1.29, 1.82) is 0 Å². The molecule has 5 nitrogen and oxygen atoms in total. The molecule has 1 rings (SSSR count). The van der Waals surface area contributed by atoms with E-state index in [9.17, 15) is 9.90 Å². The lowest BCUT2D eigenvalue weighted by atomic mass is 9.94. The number of β-amino-alcohol motifs (C(OH)–C–C–N with tert-alkyl or cyclic N) is 1. The number of aliphatic hydroxyl groups is 1. The van der Waals surface area contributed by atoms with Crippen molar-refractivity contribution in [3.8, 4) is 0 Å². The van der Waals surface area contributed by atoms with Crippen molar-refractivity contribution in [2.45, 2.75) is 50.8 Å². The Hall–Kier alpha value is -0.650. The fourth-order valence-electron chi connectivity index (χ4n) is 2.49. The van der Waals surface area contributed by atoms with E-state index in [2.05, 4.69) is 9.64 Å². The number of carbonyl (C=O) groups is 1. The Balaban J connectivity index is 2.67. The molecule has 1 aliphatic rings. The van der Waals surface area contributed by atoms with E-state index < -0.39 is 11.6 Å². The Morgan fingerprint density at radius 1 is 1.65 bits per heavy atom. The van der Waals surface area contributed by atoms with Gasteiger partial charge in [0.05, 0.1) is 7.11 Å². The molecule has 1 saturated heterocycles. The summed E-state index contributed by atoms with van der Waals surface area (Å²) in [5.41, 5.74) is 4.49. The molecule has 3 atom stereocenters. The number of esters is 1. The monoisotopic (exact) mass is 244 g/mol. The minimum Gasteiger partial charge on any atom is -0.467 e. The first kappa shape index (κ1) is 14.4. The van der Waals surface area contributed by atoms with Gasteiger partial charge in [-0.15, -0.1) is 0 Å². The summed E-state index contributed by atoms with van der Waals surface area (Å²) in [4.78, 5) is 13.6. The largest absolute Gasteiger partial charge is 0.467 e. The van der Waals surface area contributed by atoms with Gasteiger partial charge >= 0.3 is 5.97 Å². The number of piperidine rings is 1. The average molecular weight is 244 g/mol. The van der Waals surface area contributed by atoms with Gasteiger partial charge in [-0.3, -0.25) is 4.90 Å². The third kappa shape index (κ3) is 3.66. The molecular formula is C12H24N2O3. The van der Waals surface area contributed by atoms with Gasteiger partial charge in [-0.25, -0.2) is 4.79 Å². The molecule has 0 aliphatic carbocycles. The second kappa shape index (κ2) is 5.80. The Morgan fingerprint density at radius 3 is 2.82 bits per heavy atom. The van der Waals surface area contributed by atoms with Crippen molar-refractivity contribution < 1.29 is 14.6 Å². The number of ether oxygens (including phenoxy) is 1. The Morgan fingerprint density at radius 2 is 2.29 bits per heavy atom. The lowest BCUT2D eigenvalue weighted by Crippen LogP contribution is -2.56. The van der Waals surface area contributed by atoms with Crippen molar-refractivity contribution in [3.63, 3.8) is 0 Å². The van der Waals surface area contributed by atoms with Crippen LogP contribution in [0.3, 0.4) is 0 Å². The molecule has 1 fully saturated rings. The van der Waals surface area contributed by atoms with Crippen molar-refractivity contribution >= 4 is 5.97 Å². The third-order valence-electron chi connectivity index (χ3n) is 3.41. The zero-order valence-corrected chi connectivity index (χ0v) is 11.0. The van der Waals surface area contributed by atoms with Crippen LogP contribution in [0.5, 0.6) is 0 Å². The van der Waals surface area contributed by atoms with Crippen molar-refractivity contribution in [1.82, 2.24) is 4.90 Å². The highest BCUT2D eigenvalue weighted by molar-refractivity contribution is 5.78. The molecule has 0 aromatic carbocycles. The second-order valence-electron chi connectivity index (χ2n) is 5.16. The number of nitrogens with two attached hydrogens (primary N) is 1. The van der Waals surface area contributed by atoms with Crippen LogP contribution in [0.15, 0.2) is 0 Å². The first-order valence-corrected chi connectivity index (χ1v) is 6.19. The van der Waals surface area contributed by atoms with Gasteiger partial charge in [0.25, 0.3) is 0 Å². The van der Waals surface area contributed by atoms with E-state index >= 15 is 0 Å². The average Bonchev–Trinajstić information content (AvgIpc) is 2.27. The molecule has 0 saturated carbocycles. The quantitative estimate of drug-likeness (QED) is 0.687. The first-order chi connectivity index (χ1) is 7.88. The van der Waals surface area contributed by atoms with E-state index in [4.69, 9.17) is 5.73 Å². The van der Waals surface area contributed by atoms with E-state index in [1.165, 1.54) is 14.0 Å².